The maximum atomic E-state index is 6.10. The van der Waals surface area contributed by atoms with E-state index in [1.54, 1.807) is 11.1 Å². The van der Waals surface area contributed by atoms with E-state index in [9.17, 15) is 0 Å². The molecule has 0 bridgehead atoms. The highest BCUT2D eigenvalue weighted by molar-refractivity contribution is 5.30. The van der Waals surface area contributed by atoms with Crippen LogP contribution in [0.5, 0.6) is 0 Å². The molecule has 0 amide bonds. The predicted octanol–water partition coefficient (Wildman–Crippen LogP) is 3.94. The van der Waals surface area contributed by atoms with E-state index in [0.717, 1.165) is 11.8 Å². The summed E-state index contributed by atoms with van der Waals surface area (Å²) in [5.41, 5.74) is 9.22. The molecule has 1 aromatic carbocycles. The number of hydrogen-bond acceptors (Lipinski definition) is 1. The zero-order valence-corrected chi connectivity index (χ0v) is 10.6. The van der Waals surface area contributed by atoms with Gasteiger partial charge in [-0.2, -0.15) is 0 Å². The van der Waals surface area contributed by atoms with Gasteiger partial charge in [-0.05, 0) is 55.1 Å². The predicted molar refractivity (Wildman–Crippen MR) is 72.2 cm³/mol. The van der Waals surface area contributed by atoms with Gasteiger partial charge in [0.25, 0.3) is 0 Å². The Morgan fingerprint density at radius 3 is 2.18 bits per heavy atom. The van der Waals surface area contributed by atoms with Crippen LogP contribution < -0.4 is 5.73 Å². The summed E-state index contributed by atoms with van der Waals surface area (Å²) in [6.45, 7) is 0. The van der Waals surface area contributed by atoms with Gasteiger partial charge in [0.05, 0.1) is 0 Å². The lowest BCUT2D eigenvalue weighted by atomic mass is 9.77. The van der Waals surface area contributed by atoms with Gasteiger partial charge in [-0.25, -0.2) is 0 Å². The summed E-state index contributed by atoms with van der Waals surface area (Å²) in [5.74, 6) is 1.57. The van der Waals surface area contributed by atoms with Gasteiger partial charge in [0, 0.05) is 6.04 Å². The average molecular weight is 229 g/mol. The molecule has 1 aromatic rings. The quantitative estimate of drug-likeness (QED) is 0.816. The van der Waals surface area contributed by atoms with E-state index in [4.69, 9.17) is 5.73 Å². The number of benzene rings is 1. The van der Waals surface area contributed by atoms with Crippen molar-refractivity contribution in [2.24, 2.45) is 5.73 Å². The van der Waals surface area contributed by atoms with Crippen molar-refractivity contribution in [3.63, 3.8) is 0 Å². The van der Waals surface area contributed by atoms with Crippen molar-refractivity contribution in [2.75, 3.05) is 0 Å². The average Bonchev–Trinajstić information content (AvgIpc) is 2.27. The molecule has 2 aliphatic rings. The Kier molecular flexibility index (Phi) is 3.19. The van der Waals surface area contributed by atoms with Crippen LogP contribution in [0.1, 0.15) is 67.9 Å². The fourth-order valence-electron chi connectivity index (χ4n) is 3.34. The van der Waals surface area contributed by atoms with Gasteiger partial charge in [-0.1, -0.05) is 37.1 Å². The van der Waals surface area contributed by atoms with E-state index >= 15 is 0 Å². The first kappa shape index (κ1) is 11.3. The lowest BCUT2D eigenvalue weighted by molar-refractivity contribution is 0.391. The third-order valence-corrected chi connectivity index (χ3v) is 4.67. The maximum Gasteiger partial charge on any atom is 0.00446 e. The second kappa shape index (κ2) is 4.81. The molecule has 92 valence electrons. The van der Waals surface area contributed by atoms with Crippen LogP contribution in [-0.2, 0) is 0 Å². The normalized spacial score (nSPS) is 29.9. The molecule has 2 fully saturated rings. The van der Waals surface area contributed by atoms with Crippen LogP contribution in [0, 0.1) is 0 Å². The Morgan fingerprint density at radius 1 is 0.882 bits per heavy atom. The Morgan fingerprint density at radius 2 is 1.53 bits per heavy atom. The van der Waals surface area contributed by atoms with Gasteiger partial charge in [0.15, 0.2) is 0 Å². The largest absolute Gasteiger partial charge is 0.328 e. The minimum atomic E-state index is 0.432. The fraction of sp³-hybridized carbons (Fsp3) is 0.625. The fourth-order valence-corrected chi connectivity index (χ4v) is 3.34. The molecule has 0 radical (unpaired) electrons. The van der Waals surface area contributed by atoms with E-state index in [0.29, 0.717) is 6.04 Å². The van der Waals surface area contributed by atoms with Gasteiger partial charge < -0.3 is 5.73 Å². The van der Waals surface area contributed by atoms with E-state index in [-0.39, 0.29) is 0 Å². The second-order valence-corrected chi connectivity index (χ2v) is 5.92. The van der Waals surface area contributed by atoms with E-state index in [1.807, 2.05) is 0 Å². The van der Waals surface area contributed by atoms with Crippen molar-refractivity contribution in [3.05, 3.63) is 35.4 Å². The Bertz CT molecular complexity index is 381. The van der Waals surface area contributed by atoms with Crippen molar-refractivity contribution in [3.8, 4) is 0 Å². The van der Waals surface area contributed by atoms with Gasteiger partial charge >= 0.3 is 0 Å². The SMILES string of the molecule is NC1CCCC(c2cccc(C3CCC3)c2)C1. The molecule has 0 spiro atoms. The molecule has 1 nitrogen and oxygen atoms in total. The highest BCUT2D eigenvalue weighted by Gasteiger charge is 2.23. The van der Waals surface area contributed by atoms with Crippen LogP contribution in [0.4, 0.5) is 0 Å². The van der Waals surface area contributed by atoms with Crippen LogP contribution in [-0.4, -0.2) is 6.04 Å². The van der Waals surface area contributed by atoms with Crippen LogP contribution in [0.25, 0.3) is 0 Å². The van der Waals surface area contributed by atoms with Crippen molar-refractivity contribution in [2.45, 2.75) is 62.8 Å². The third-order valence-electron chi connectivity index (χ3n) is 4.67. The zero-order chi connectivity index (χ0) is 11.7. The number of hydrogen-bond donors (Lipinski definition) is 1. The smallest absolute Gasteiger partial charge is 0.00446 e. The molecule has 17 heavy (non-hydrogen) atoms. The summed E-state index contributed by atoms with van der Waals surface area (Å²) in [5, 5.41) is 0. The Hall–Kier alpha value is -0.820. The molecule has 0 saturated heterocycles. The van der Waals surface area contributed by atoms with E-state index in [2.05, 4.69) is 24.3 Å². The molecule has 2 aliphatic carbocycles. The van der Waals surface area contributed by atoms with Crippen LogP contribution in [0.15, 0.2) is 24.3 Å². The first-order valence-electron chi connectivity index (χ1n) is 7.18. The van der Waals surface area contributed by atoms with Crippen molar-refractivity contribution >= 4 is 0 Å². The highest BCUT2D eigenvalue weighted by atomic mass is 14.6. The van der Waals surface area contributed by atoms with Gasteiger partial charge in [-0.3, -0.25) is 0 Å². The summed E-state index contributed by atoms with van der Waals surface area (Å²) in [6.07, 6.45) is 9.26. The first-order chi connectivity index (χ1) is 8.33. The minimum Gasteiger partial charge on any atom is -0.328 e. The van der Waals surface area contributed by atoms with Gasteiger partial charge in [0.1, 0.15) is 0 Å². The number of rotatable bonds is 2. The third kappa shape index (κ3) is 2.40. The van der Waals surface area contributed by atoms with Crippen molar-refractivity contribution in [1.82, 2.24) is 0 Å². The zero-order valence-electron chi connectivity index (χ0n) is 10.6. The summed E-state index contributed by atoms with van der Waals surface area (Å²) in [4.78, 5) is 0. The molecule has 0 aliphatic heterocycles. The summed E-state index contributed by atoms with van der Waals surface area (Å²) < 4.78 is 0. The summed E-state index contributed by atoms with van der Waals surface area (Å²) in [7, 11) is 0. The topological polar surface area (TPSA) is 26.0 Å². The first-order valence-corrected chi connectivity index (χ1v) is 7.18. The molecule has 3 rings (SSSR count). The van der Waals surface area contributed by atoms with Crippen LogP contribution >= 0.6 is 0 Å². The van der Waals surface area contributed by atoms with E-state index < -0.39 is 0 Å². The Balaban J connectivity index is 1.77. The molecular formula is C16H23N. The Labute approximate surface area is 104 Å². The minimum absolute atomic E-state index is 0.432. The van der Waals surface area contributed by atoms with Gasteiger partial charge in [0.2, 0.25) is 0 Å². The standard InChI is InChI=1S/C16H23N/c17-16-9-3-8-15(11-16)14-7-2-6-13(10-14)12-4-1-5-12/h2,6-7,10,12,15-16H,1,3-5,8-9,11,17H2. The lowest BCUT2D eigenvalue weighted by Crippen LogP contribution is -2.26. The number of nitrogens with two attached hydrogens (primary N) is 1. The molecule has 2 saturated carbocycles. The van der Waals surface area contributed by atoms with Gasteiger partial charge in [-0.15, -0.1) is 0 Å². The van der Waals surface area contributed by atoms with Crippen LogP contribution in [0.3, 0.4) is 0 Å². The summed E-state index contributed by atoms with van der Waals surface area (Å²) >= 11 is 0. The molecule has 2 unspecified atom stereocenters. The molecule has 1 heteroatoms. The second-order valence-electron chi connectivity index (χ2n) is 5.92. The molecule has 0 heterocycles. The van der Waals surface area contributed by atoms with Crippen molar-refractivity contribution in [1.29, 1.82) is 0 Å². The summed E-state index contributed by atoms with van der Waals surface area (Å²) in [6, 6.07) is 9.78. The van der Waals surface area contributed by atoms with Crippen LogP contribution in [0.2, 0.25) is 0 Å². The monoisotopic (exact) mass is 229 g/mol. The molecule has 2 atom stereocenters. The molecular weight excluding hydrogens is 206 g/mol. The van der Waals surface area contributed by atoms with E-state index in [1.165, 1.54) is 44.9 Å². The maximum absolute atomic E-state index is 6.10. The lowest BCUT2D eigenvalue weighted by Gasteiger charge is -2.29. The molecule has 0 aromatic heterocycles. The highest BCUT2D eigenvalue weighted by Crippen LogP contribution is 2.39. The van der Waals surface area contributed by atoms with Crippen molar-refractivity contribution < 1.29 is 0 Å². The molecule has 2 N–H and O–H groups in total.